The molecule has 2 rings (SSSR count). The maximum absolute atomic E-state index is 12.3. The highest BCUT2D eigenvalue weighted by Gasteiger charge is 2.22. The predicted octanol–water partition coefficient (Wildman–Crippen LogP) is 2.04. The molecule has 0 atom stereocenters. The summed E-state index contributed by atoms with van der Waals surface area (Å²) in [4.78, 5) is 12.3. The van der Waals surface area contributed by atoms with Gasteiger partial charge in [0, 0.05) is 19.7 Å². The van der Waals surface area contributed by atoms with Crippen LogP contribution in [-0.2, 0) is 4.74 Å². The fourth-order valence-electron chi connectivity index (χ4n) is 2.18. The van der Waals surface area contributed by atoms with Crippen LogP contribution >= 0.6 is 0 Å². The van der Waals surface area contributed by atoms with E-state index in [2.05, 4.69) is 10.6 Å². The first kappa shape index (κ1) is 14.7. The maximum atomic E-state index is 12.3. The van der Waals surface area contributed by atoms with Crippen molar-refractivity contribution in [3.63, 3.8) is 0 Å². The van der Waals surface area contributed by atoms with Crippen LogP contribution in [0.25, 0.3) is 0 Å². The number of rotatable bonds is 5. The first-order chi connectivity index (χ1) is 9.53. The van der Waals surface area contributed by atoms with E-state index in [4.69, 9.17) is 9.47 Å². The van der Waals surface area contributed by atoms with E-state index >= 15 is 0 Å². The van der Waals surface area contributed by atoms with Crippen LogP contribution < -0.4 is 15.4 Å². The van der Waals surface area contributed by atoms with Crippen LogP contribution in [0.15, 0.2) is 18.2 Å². The average molecular weight is 278 g/mol. The third-order valence-electron chi connectivity index (χ3n) is 3.13. The molecule has 0 saturated heterocycles. The lowest BCUT2D eigenvalue weighted by molar-refractivity contribution is -0.00817. The lowest BCUT2D eigenvalue weighted by Crippen LogP contribution is -2.40. The molecule has 1 amide bonds. The molecule has 5 heteroatoms. The molecule has 1 aliphatic heterocycles. The molecule has 2 N–H and O–H groups in total. The van der Waals surface area contributed by atoms with Gasteiger partial charge in [-0.05, 0) is 32.9 Å². The van der Waals surface area contributed by atoms with Crippen LogP contribution in [0.4, 0.5) is 5.69 Å². The molecule has 0 unspecified atom stereocenters. The number of nitrogens with one attached hydrogen (secondary N) is 2. The number of fused-ring (bicyclic) bond motifs is 1. The van der Waals surface area contributed by atoms with Crippen molar-refractivity contribution in [3.05, 3.63) is 23.8 Å². The topological polar surface area (TPSA) is 59.6 Å². The zero-order chi connectivity index (χ0) is 14.6. The van der Waals surface area contributed by atoms with Gasteiger partial charge in [0.15, 0.2) is 5.75 Å². The van der Waals surface area contributed by atoms with Gasteiger partial charge in [-0.25, -0.2) is 0 Å². The van der Waals surface area contributed by atoms with Crippen molar-refractivity contribution >= 4 is 11.6 Å². The zero-order valence-corrected chi connectivity index (χ0v) is 12.3. The van der Waals surface area contributed by atoms with Crippen LogP contribution in [0.5, 0.6) is 5.75 Å². The van der Waals surface area contributed by atoms with Crippen LogP contribution in [0.1, 0.15) is 31.1 Å². The normalized spacial score (nSPS) is 13.9. The first-order valence-electron chi connectivity index (χ1n) is 6.95. The summed E-state index contributed by atoms with van der Waals surface area (Å²) in [5, 5.41) is 6.12. The molecule has 1 aromatic rings. The van der Waals surface area contributed by atoms with Gasteiger partial charge in [-0.2, -0.15) is 0 Å². The summed E-state index contributed by atoms with van der Waals surface area (Å²) in [7, 11) is 0. The number of amides is 1. The van der Waals surface area contributed by atoms with E-state index in [1.54, 1.807) is 6.07 Å². The number of carbonyl (C=O) groups excluding carboxylic acids is 1. The summed E-state index contributed by atoms with van der Waals surface area (Å²) in [5.74, 6) is 0.490. The molecular weight excluding hydrogens is 256 g/mol. The van der Waals surface area contributed by atoms with E-state index in [9.17, 15) is 4.79 Å². The lowest BCUT2D eigenvalue weighted by Gasteiger charge is -2.26. The minimum atomic E-state index is -0.377. The van der Waals surface area contributed by atoms with Gasteiger partial charge >= 0.3 is 0 Å². The van der Waals surface area contributed by atoms with Crippen molar-refractivity contribution in [1.29, 1.82) is 0 Å². The average Bonchev–Trinajstić information content (AvgIpc) is 2.44. The largest absolute Gasteiger partial charge is 0.489 e. The van der Waals surface area contributed by atoms with Crippen LogP contribution in [-0.4, -0.2) is 37.8 Å². The molecule has 0 spiro atoms. The highest BCUT2D eigenvalue weighted by Crippen LogP contribution is 2.31. The molecule has 5 nitrogen and oxygen atoms in total. The van der Waals surface area contributed by atoms with Gasteiger partial charge in [0.1, 0.15) is 6.61 Å². The van der Waals surface area contributed by atoms with Crippen molar-refractivity contribution in [2.45, 2.75) is 26.4 Å². The van der Waals surface area contributed by atoms with E-state index in [-0.39, 0.29) is 11.5 Å². The Labute approximate surface area is 119 Å². The number of para-hydroxylation sites is 1. The predicted molar refractivity (Wildman–Crippen MR) is 78.5 cm³/mol. The van der Waals surface area contributed by atoms with Crippen LogP contribution in [0.3, 0.4) is 0 Å². The van der Waals surface area contributed by atoms with Gasteiger partial charge in [-0.15, -0.1) is 0 Å². The van der Waals surface area contributed by atoms with Gasteiger partial charge in [-0.3, -0.25) is 4.79 Å². The molecule has 20 heavy (non-hydrogen) atoms. The lowest BCUT2D eigenvalue weighted by atomic mass is 10.1. The highest BCUT2D eigenvalue weighted by molar-refractivity contribution is 5.99. The summed E-state index contributed by atoms with van der Waals surface area (Å²) in [5.41, 5.74) is 1.05. The van der Waals surface area contributed by atoms with Crippen molar-refractivity contribution in [2.24, 2.45) is 0 Å². The second kappa shape index (κ2) is 6.13. The number of anilines is 1. The number of hydrogen-bond donors (Lipinski definition) is 2. The molecule has 1 heterocycles. The molecule has 0 bridgehead atoms. The first-order valence-corrected chi connectivity index (χ1v) is 6.95. The SMILES string of the molecule is CCOC(C)(C)CNC(=O)c1cccc2c1OCCN2. The molecular formula is C15H22N2O3. The Bertz CT molecular complexity index is 486. The standard InChI is InChI=1S/C15H22N2O3/c1-4-20-15(2,3)10-17-14(18)11-6-5-7-12-13(11)19-9-8-16-12/h5-7,16H,4,8-10H2,1-3H3,(H,17,18). The fourth-order valence-corrected chi connectivity index (χ4v) is 2.18. The fraction of sp³-hybridized carbons (Fsp3) is 0.533. The molecule has 0 aliphatic carbocycles. The molecule has 110 valence electrons. The van der Waals surface area contributed by atoms with Crippen molar-refractivity contribution in [2.75, 3.05) is 31.6 Å². The Balaban J connectivity index is 2.06. The van der Waals surface area contributed by atoms with E-state index in [1.807, 2.05) is 32.9 Å². The quantitative estimate of drug-likeness (QED) is 0.865. The van der Waals surface area contributed by atoms with Gasteiger partial charge < -0.3 is 20.1 Å². The summed E-state index contributed by atoms with van der Waals surface area (Å²) in [6.45, 7) is 8.26. The number of hydrogen-bond acceptors (Lipinski definition) is 4. The molecule has 1 aromatic carbocycles. The van der Waals surface area contributed by atoms with E-state index in [0.29, 0.717) is 31.1 Å². The molecule has 0 aromatic heterocycles. The Morgan fingerprint density at radius 1 is 1.50 bits per heavy atom. The second-order valence-electron chi connectivity index (χ2n) is 5.33. The van der Waals surface area contributed by atoms with Gasteiger partial charge in [0.25, 0.3) is 5.91 Å². The molecule has 0 saturated carbocycles. The zero-order valence-electron chi connectivity index (χ0n) is 12.3. The van der Waals surface area contributed by atoms with E-state index in [1.165, 1.54) is 0 Å². The smallest absolute Gasteiger partial charge is 0.255 e. The third kappa shape index (κ3) is 3.42. The van der Waals surface area contributed by atoms with Crippen molar-refractivity contribution in [1.82, 2.24) is 5.32 Å². The van der Waals surface area contributed by atoms with E-state index < -0.39 is 0 Å². The Kier molecular flexibility index (Phi) is 4.49. The summed E-state index contributed by atoms with van der Waals surface area (Å²) in [6.07, 6.45) is 0. The minimum absolute atomic E-state index is 0.140. The van der Waals surface area contributed by atoms with Crippen molar-refractivity contribution in [3.8, 4) is 5.75 Å². The number of carbonyl (C=O) groups is 1. The van der Waals surface area contributed by atoms with E-state index in [0.717, 1.165) is 12.2 Å². The van der Waals surface area contributed by atoms with Gasteiger partial charge in [0.05, 0.1) is 16.9 Å². The second-order valence-corrected chi connectivity index (χ2v) is 5.33. The Morgan fingerprint density at radius 2 is 2.30 bits per heavy atom. The number of benzene rings is 1. The summed E-state index contributed by atoms with van der Waals surface area (Å²) in [6, 6.07) is 5.54. The monoisotopic (exact) mass is 278 g/mol. The summed E-state index contributed by atoms with van der Waals surface area (Å²) < 4.78 is 11.2. The van der Waals surface area contributed by atoms with Gasteiger partial charge in [0.2, 0.25) is 0 Å². The maximum Gasteiger partial charge on any atom is 0.255 e. The van der Waals surface area contributed by atoms with Gasteiger partial charge in [-0.1, -0.05) is 6.07 Å². The molecule has 1 aliphatic rings. The minimum Gasteiger partial charge on any atom is -0.489 e. The highest BCUT2D eigenvalue weighted by atomic mass is 16.5. The Morgan fingerprint density at radius 3 is 3.05 bits per heavy atom. The van der Waals surface area contributed by atoms with Crippen LogP contribution in [0.2, 0.25) is 0 Å². The van der Waals surface area contributed by atoms with Crippen LogP contribution in [0, 0.1) is 0 Å². The molecule has 0 fully saturated rings. The van der Waals surface area contributed by atoms with Crippen molar-refractivity contribution < 1.29 is 14.3 Å². The third-order valence-corrected chi connectivity index (χ3v) is 3.13. The molecule has 0 radical (unpaired) electrons. The Hall–Kier alpha value is -1.75. The number of ether oxygens (including phenoxy) is 2. The summed E-state index contributed by atoms with van der Waals surface area (Å²) >= 11 is 0.